The molecular formula is C18H21BrFN. The van der Waals surface area contributed by atoms with Crippen LogP contribution in [0.15, 0.2) is 53.0 Å². The van der Waals surface area contributed by atoms with Gasteiger partial charge in [-0.05, 0) is 49.1 Å². The fourth-order valence-electron chi connectivity index (χ4n) is 2.41. The zero-order valence-electron chi connectivity index (χ0n) is 12.3. The summed E-state index contributed by atoms with van der Waals surface area (Å²) >= 11 is 3.45. The van der Waals surface area contributed by atoms with Gasteiger partial charge in [-0.2, -0.15) is 0 Å². The number of benzene rings is 2. The van der Waals surface area contributed by atoms with Crippen LogP contribution in [0.5, 0.6) is 0 Å². The van der Waals surface area contributed by atoms with E-state index in [2.05, 4.69) is 52.4 Å². The SMILES string of the molecule is CCCNC(CCc1ccc(F)cc1Br)c1ccccc1. The molecule has 3 heteroatoms. The van der Waals surface area contributed by atoms with E-state index in [-0.39, 0.29) is 5.82 Å². The molecule has 1 atom stereocenters. The molecule has 21 heavy (non-hydrogen) atoms. The Bertz CT molecular complexity index is 556. The quantitative estimate of drug-likeness (QED) is 0.718. The minimum Gasteiger partial charge on any atom is -0.310 e. The Labute approximate surface area is 134 Å². The van der Waals surface area contributed by atoms with Crippen molar-refractivity contribution in [3.8, 4) is 0 Å². The van der Waals surface area contributed by atoms with E-state index in [0.717, 1.165) is 35.8 Å². The van der Waals surface area contributed by atoms with Gasteiger partial charge < -0.3 is 5.32 Å². The molecule has 0 saturated carbocycles. The topological polar surface area (TPSA) is 12.0 Å². The summed E-state index contributed by atoms with van der Waals surface area (Å²) in [5.74, 6) is -0.200. The first kappa shape index (κ1) is 16.2. The third kappa shape index (κ3) is 4.94. The number of halogens is 2. The Kier molecular flexibility index (Phi) is 6.40. The minimum absolute atomic E-state index is 0.200. The van der Waals surface area contributed by atoms with Crippen molar-refractivity contribution < 1.29 is 4.39 Å². The van der Waals surface area contributed by atoms with E-state index in [1.54, 1.807) is 0 Å². The first-order valence-electron chi connectivity index (χ1n) is 7.43. The Hall–Kier alpha value is -1.19. The molecule has 0 fully saturated rings. The van der Waals surface area contributed by atoms with Crippen LogP contribution in [0.1, 0.15) is 36.9 Å². The molecule has 0 aliphatic carbocycles. The maximum atomic E-state index is 13.1. The van der Waals surface area contributed by atoms with Crippen molar-refractivity contribution in [3.05, 3.63) is 69.9 Å². The van der Waals surface area contributed by atoms with E-state index < -0.39 is 0 Å². The number of rotatable bonds is 7. The molecule has 0 saturated heterocycles. The van der Waals surface area contributed by atoms with Crippen molar-refractivity contribution in [1.29, 1.82) is 0 Å². The Morgan fingerprint density at radius 2 is 1.90 bits per heavy atom. The lowest BCUT2D eigenvalue weighted by atomic mass is 9.99. The standard InChI is InChI=1S/C18H21BrFN/c1-2-12-21-18(15-6-4-3-5-7-15)11-9-14-8-10-16(20)13-17(14)19/h3-8,10,13,18,21H,2,9,11-12H2,1H3. The van der Waals surface area contributed by atoms with Crippen LogP contribution in [-0.2, 0) is 6.42 Å². The average Bonchev–Trinajstić information content (AvgIpc) is 2.50. The molecule has 0 heterocycles. The van der Waals surface area contributed by atoms with Crippen LogP contribution in [-0.4, -0.2) is 6.54 Å². The maximum absolute atomic E-state index is 13.1. The number of aryl methyl sites for hydroxylation is 1. The van der Waals surface area contributed by atoms with Gasteiger partial charge in [-0.15, -0.1) is 0 Å². The molecule has 1 N–H and O–H groups in total. The summed E-state index contributed by atoms with van der Waals surface area (Å²) in [6.07, 6.45) is 3.02. The first-order chi connectivity index (χ1) is 10.2. The second-order valence-electron chi connectivity index (χ2n) is 5.19. The van der Waals surface area contributed by atoms with E-state index in [0.29, 0.717) is 6.04 Å². The Morgan fingerprint density at radius 1 is 1.14 bits per heavy atom. The predicted octanol–water partition coefficient (Wildman–Crippen LogP) is 5.26. The normalized spacial score (nSPS) is 12.3. The van der Waals surface area contributed by atoms with Gasteiger partial charge in [0.15, 0.2) is 0 Å². The lowest BCUT2D eigenvalue weighted by Gasteiger charge is -2.19. The van der Waals surface area contributed by atoms with Crippen molar-refractivity contribution in [1.82, 2.24) is 5.32 Å². The van der Waals surface area contributed by atoms with Gasteiger partial charge in [0, 0.05) is 10.5 Å². The largest absolute Gasteiger partial charge is 0.310 e. The minimum atomic E-state index is -0.200. The van der Waals surface area contributed by atoms with Crippen molar-refractivity contribution in [2.75, 3.05) is 6.54 Å². The molecule has 0 radical (unpaired) electrons. The average molecular weight is 350 g/mol. The first-order valence-corrected chi connectivity index (χ1v) is 8.22. The second-order valence-corrected chi connectivity index (χ2v) is 6.05. The molecule has 0 bridgehead atoms. The molecule has 2 aromatic carbocycles. The van der Waals surface area contributed by atoms with Gasteiger partial charge in [-0.1, -0.05) is 59.3 Å². The smallest absolute Gasteiger partial charge is 0.124 e. The lowest BCUT2D eigenvalue weighted by molar-refractivity contribution is 0.499. The third-order valence-corrected chi connectivity index (χ3v) is 4.30. The van der Waals surface area contributed by atoms with Crippen molar-refractivity contribution in [2.24, 2.45) is 0 Å². The summed E-state index contributed by atoms with van der Waals surface area (Å²) in [5, 5.41) is 3.60. The van der Waals surface area contributed by atoms with Gasteiger partial charge in [-0.25, -0.2) is 4.39 Å². The fourth-order valence-corrected chi connectivity index (χ4v) is 2.96. The molecule has 0 aromatic heterocycles. The van der Waals surface area contributed by atoms with Crippen LogP contribution in [0.25, 0.3) is 0 Å². The molecule has 1 unspecified atom stereocenters. The summed E-state index contributed by atoms with van der Waals surface area (Å²) in [7, 11) is 0. The molecule has 0 aliphatic heterocycles. The molecule has 1 nitrogen and oxygen atoms in total. The summed E-state index contributed by atoms with van der Waals surface area (Å²) in [4.78, 5) is 0. The van der Waals surface area contributed by atoms with E-state index in [4.69, 9.17) is 0 Å². The Morgan fingerprint density at radius 3 is 2.57 bits per heavy atom. The number of hydrogen-bond donors (Lipinski definition) is 1. The van der Waals surface area contributed by atoms with Crippen LogP contribution >= 0.6 is 15.9 Å². The van der Waals surface area contributed by atoms with Gasteiger partial charge in [0.25, 0.3) is 0 Å². The summed E-state index contributed by atoms with van der Waals surface area (Å²) in [6.45, 7) is 3.18. The molecule has 2 aromatic rings. The van der Waals surface area contributed by atoms with Gasteiger partial charge >= 0.3 is 0 Å². The Balaban J connectivity index is 2.05. The van der Waals surface area contributed by atoms with Gasteiger partial charge in [0.05, 0.1) is 0 Å². The summed E-state index contributed by atoms with van der Waals surface area (Å²) in [6, 6.07) is 15.8. The monoisotopic (exact) mass is 349 g/mol. The van der Waals surface area contributed by atoms with Crippen molar-refractivity contribution in [2.45, 2.75) is 32.2 Å². The van der Waals surface area contributed by atoms with Crippen LogP contribution < -0.4 is 5.32 Å². The highest BCUT2D eigenvalue weighted by Crippen LogP contribution is 2.24. The molecular weight excluding hydrogens is 329 g/mol. The van der Waals surface area contributed by atoms with Gasteiger partial charge in [-0.3, -0.25) is 0 Å². The van der Waals surface area contributed by atoms with E-state index in [1.165, 1.54) is 17.7 Å². The zero-order chi connectivity index (χ0) is 15.1. The van der Waals surface area contributed by atoms with E-state index in [1.807, 2.05) is 12.1 Å². The van der Waals surface area contributed by atoms with Crippen LogP contribution in [0.3, 0.4) is 0 Å². The molecule has 2 rings (SSSR count). The van der Waals surface area contributed by atoms with Crippen molar-refractivity contribution in [3.63, 3.8) is 0 Å². The van der Waals surface area contributed by atoms with Crippen LogP contribution in [0.2, 0.25) is 0 Å². The van der Waals surface area contributed by atoms with Gasteiger partial charge in [0.1, 0.15) is 5.82 Å². The number of hydrogen-bond acceptors (Lipinski definition) is 1. The van der Waals surface area contributed by atoms with Crippen LogP contribution in [0.4, 0.5) is 4.39 Å². The van der Waals surface area contributed by atoms with Crippen LogP contribution in [0, 0.1) is 5.82 Å². The molecule has 0 spiro atoms. The highest BCUT2D eigenvalue weighted by atomic mass is 79.9. The molecule has 0 aliphatic rings. The van der Waals surface area contributed by atoms with E-state index in [9.17, 15) is 4.39 Å². The summed E-state index contributed by atoms with van der Waals surface area (Å²) < 4.78 is 14.0. The number of nitrogens with one attached hydrogen (secondary N) is 1. The zero-order valence-corrected chi connectivity index (χ0v) is 13.9. The highest BCUT2D eigenvalue weighted by Gasteiger charge is 2.11. The molecule has 0 amide bonds. The summed E-state index contributed by atoms with van der Waals surface area (Å²) in [5.41, 5.74) is 2.46. The van der Waals surface area contributed by atoms with Gasteiger partial charge in [0.2, 0.25) is 0 Å². The second kappa shape index (κ2) is 8.30. The molecule has 112 valence electrons. The third-order valence-electron chi connectivity index (χ3n) is 3.56. The van der Waals surface area contributed by atoms with E-state index >= 15 is 0 Å². The fraction of sp³-hybridized carbons (Fsp3) is 0.333. The maximum Gasteiger partial charge on any atom is 0.124 e. The lowest BCUT2D eigenvalue weighted by Crippen LogP contribution is -2.22. The highest BCUT2D eigenvalue weighted by molar-refractivity contribution is 9.10. The van der Waals surface area contributed by atoms with Crippen molar-refractivity contribution >= 4 is 15.9 Å². The predicted molar refractivity (Wildman–Crippen MR) is 89.9 cm³/mol.